The smallest absolute Gasteiger partial charge is 0.411 e. The van der Waals surface area contributed by atoms with E-state index in [-0.39, 0.29) is 11.5 Å². The van der Waals surface area contributed by atoms with Gasteiger partial charge in [-0.3, -0.25) is 9.69 Å². The van der Waals surface area contributed by atoms with E-state index in [2.05, 4.69) is 10.3 Å². The number of hydrogen-bond donors (Lipinski definition) is 2. The molecule has 0 saturated carbocycles. The molecule has 3 aromatic carbocycles. The van der Waals surface area contributed by atoms with Gasteiger partial charge in [0.05, 0.1) is 19.2 Å². The molecule has 2 aliphatic heterocycles. The van der Waals surface area contributed by atoms with E-state index < -0.39 is 29.8 Å². The molecule has 1 aromatic heterocycles. The zero-order valence-electron chi connectivity index (χ0n) is 22.1. The van der Waals surface area contributed by atoms with Crippen molar-refractivity contribution in [3.8, 4) is 11.1 Å². The minimum Gasteiger partial charge on any atom is -0.453 e. The van der Waals surface area contributed by atoms with Crippen molar-refractivity contribution in [3.63, 3.8) is 0 Å². The van der Waals surface area contributed by atoms with Crippen molar-refractivity contribution in [2.45, 2.75) is 32.5 Å². The molecule has 0 radical (unpaired) electrons. The Morgan fingerprint density at radius 2 is 1.65 bits per heavy atom. The van der Waals surface area contributed by atoms with Gasteiger partial charge in [0.15, 0.2) is 0 Å². The first-order valence-electron chi connectivity index (χ1n) is 12.8. The number of aromatic nitrogens is 1. The Hall–Kier alpha value is -4.79. The summed E-state index contributed by atoms with van der Waals surface area (Å²) < 4.78 is 33.2. The highest BCUT2D eigenvalue weighted by Crippen LogP contribution is 2.57. The monoisotopic (exact) mass is 540 g/mol. The number of nitrogens with two attached hydrogens (primary N) is 1. The summed E-state index contributed by atoms with van der Waals surface area (Å²) in [5, 5.41) is 2.96. The van der Waals surface area contributed by atoms with Crippen LogP contribution in [0.4, 0.5) is 19.4 Å². The van der Waals surface area contributed by atoms with E-state index in [1.165, 1.54) is 19.2 Å². The number of nitrogens with one attached hydrogen (secondary N) is 1. The summed E-state index contributed by atoms with van der Waals surface area (Å²) in [6, 6.07) is 15.1. The Labute approximate surface area is 229 Å². The third-order valence-corrected chi connectivity index (χ3v) is 7.80. The van der Waals surface area contributed by atoms with Crippen molar-refractivity contribution in [3.05, 3.63) is 117 Å². The lowest BCUT2D eigenvalue weighted by Gasteiger charge is -2.21. The lowest BCUT2D eigenvalue weighted by molar-refractivity contribution is 0.0950. The van der Waals surface area contributed by atoms with Crippen molar-refractivity contribution in [2.75, 3.05) is 12.8 Å². The highest BCUT2D eigenvalue weighted by atomic mass is 19.1. The molecular formula is C31H26F2N4O3. The number of fused-ring (bicyclic) bond motifs is 8. The number of benzene rings is 3. The number of anilines is 1. The second kappa shape index (κ2) is 9.44. The predicted molar refractivity (Wildman–Crippen MR) is 145 cm³/mol. The fourth-order valence-corrected chi connectivity index (χ4v) is 5.98. The number of aryl methyl sites for hydroxylation is 2. The third kappa shape index (κ3) is 3.97. The maximum atomic E-state index is 14.6. The van der Waals surface area contributed by atoms with Gasteiger partial charge in [-0.1, -0.05) is 18.2 Å². The Morgan fingerprint density at radius 1 is 0.950 bits per heavy atom. The largest absolute Gasteiger partial charge is 0.453 e. The molecule has 6 rings (SSSR count). The van der Waals surface area contributed by atoms with Crippen LogP contribution in [-0.4, -0.2) is 29.0 Å². The summed E-state index contributed by atoms with van der Waals surface area (Å²) in [6.07, 6.45) is -0.510. The molecule has 2 atom stereocenters. The summed E-state index contributed by atoms with van der Waals surface area (Å²) in [6.45, 7) is 4.08. The fourth-order valence-electron chi connectivity index (χ4n) is 5.98. The maximum absolute atomic E-state index is 14.6. The van der Waals surface area contributed by atoms with E-state index in [4.69, 9.17) is 10.5 Å². The van der Waals surface area contributed by atoms with E-state index in [0.717, 1.165) is 45.1 Å². The number of halogens is 2. The number of nitrogens with zero attached hydrogens (tertiary/aromatic N) is 2. The van der Waals surface area contributed by atoms with Crippen LogP contribution in [0.2, 0.25) is 0 Å². The Bertz CT molecular complexity index is 1700. The first-order chi connectivity index (χ1) is 19.2. The second-order valence-electron chi connectivity index (χ2n) is 10.1. The van der Waals surface area contributed by atoms with Crippen molar-refractivity contribution in [1.82, 2.24) is 15.2 Å². The molecule has 7 nitrogen and oxygen atoms in total. The average molecular weight is 541 g/mol. The molecule has 0 spiro atoms. The molecule has 9 heteroatoms. The van der Waals surface area contributed by atoms with Crippen LogP contribution < -0.4 is 11.1 Å². The minimum atomic E-state index is -0.663. The normalized spacial score (nSPS) is 16.5. The van der Waals surface area contributed by atoms with E-state index in [1.54, 1.807) is 23.1 Å². The van der Waals surface area contributed by atoms with Gasteiger partial charge in [0.25, 0.3) is 5.91 Å². The molecule has 3 heterocycles. The van der Waals surface area contributed by atoms with Crippen molar-refractivity contribution in [1.29, 1.82) is 0 Å². The highest BCUT2D eigenvalue weighted by Gasteiger charge is 2.51. The van der Waals surface area contributed by atoms with Crippen LogP contribution in [0.1, 0.15) is 61.5 Å². The standard InChI is InChI=1S/C31H26F2N4O3/c1-15-10-27(34)36-16(2)25(15)14-35-30(38)18-5-8-22-24(12-18)29-21-7-4-17(20-9-6-19(32)13-26(20)33)11-23(21)28(22)37(29)31(39)40-3/h4-13,28-29H,14H2,1-3H3,(H2,34,36)(H,35,38). The quantitative estimate of drug-likeness (QED) is 0.345. The molecule has 0 saturated heterocycles. The number of methoxy groups -OCH3 is 1. The van der Waals surface area contributed by atoms with Gasteiger partial charge < -0.3 is 15.8 Å². The van der Waals surface area contributed by atoms with E-state index in [9.17, 15) is 18.4 Å². The first-order valence-corrected chi connectivity index (χ1v) is 12.8. The Morgan fingerprint density at radius 3 is 2.33 bits per heavy atom. The molecule has 202 valence electrons. The molecular weight excluding hydrogens is 514 g/mol. The van der Waals surface area contributed by atoms with Crippen LogP contribution in [0, 0.1) is 25.5 Å². The van der Waals surface area contributed by atoms with Gasteiger partial charge in [0.1, 0.15) is 17.5 Å². The lowest BCUT2D eigenvalue weighted by Crippen LogP contribution is -2.28. The number of nitrogen functional groups attached to an aromatic ring is 1. The molecule has 2 unspecified atom stereocenters. The third-order valence-electron chi connectivity index (χ3n) is 7.80. The number of carbonyl (C=O) groups is 2. The Balaban J connectivity index is 1.33. The lowest BCUT2D eigenvalue weighted by atomic mass is 9.83. The number of hydrogen-bond acceptors (Lipinski definition) is 5. The number of pyridine rings is 1. The maximum Gasteiger partial charge on any atom is 0.411 e. The van der Waals surface area contributed by atoms with E-state index in [0.29, 0.717) is 23.5 Å². The summed E-state index contributed by atoms with van der Waals surface area (Å²) in [5.41, 5.74) is 13.1. The van der Waals surface area contributed by atoms with Crippen LogP contribution in [0.5, 0.6) is 0 Å². The summed E-state index contributed by atoms with van der Waals surface area (Å²) in [5.74, 6) is -1.14. The number of rotatable bonds is 4. The van der Waals surface area contributed by atoms with Crippen LogP contribution in [0.3, 0.4) is 0 Å². The van der Waals surface area contributed by atoms with Crippen LogP contribution >= 0.6 is 0 Å². The predicted octanol–water partition coefficient (Wildman–Crippen LogP) is 5.73. The minimum absolute atomic E-state index is 0.256. The molecule has 2 aliphatic rings. The van der Waals surface area contributed by atoms with Crippen LogP contribution in [0.15, 0.2) is 60.7 Å². The van der Waals surface area contributed by atoms with Gasteiger partial charge in [-0.05, 0) is 89.2 Å². The molecule has 2 amide bonds. The van der Waals surface area contributed by atoms with Crippen molar-refractivity contribution < 1.29 is 23.1 Å². The molecule has 0 fully saturated rings. The molecule has 2 bridgehead atoms. The Kier molecular flexibility index (Phi) is 6.02. The fraction of sp³-hybridized carbons (Fsp3) is 0.194. The number of ether oxygens (including phenoxy) is 1. The zero-order chi connectivity index (χ0) is 28.3. The van der Waals surface area contributed by atoms with Gasteiger partial charge in [0.2, 0.25) is 0 Å². The number of carbonyl (C=O) groups excluding carboxylic acids is 2. The topological polar surface area (TPSA) is 97.5 Å². The van der Waals surface area contributed by atoms with Crippen molar-refractivity contribution >= 4 is 17.8 Å². The molecule has 40 heavy (non-hydrogen) atoms. The van der Waals surface area contributed by atoms with E-state index >= 15 is 0 Å². The van der Waals surface area contributed by atoms with E-state index in [1.807, 2.05) is 38.1 Å². The van der Waals surface area contributed by atoms with Crippen LogP contribution in [0.25, 0.3) is 11.1 Å². The average Bonchev–Trinajstić information content (AvgIpc) is 3.43. The first kappa shape index (κ1) is 25.5. The van der Waals surface area contributed by atoms with Crippen LogP contribution in [-0.2, 0) is 11.3 Å². The molecule has 0 aliphatic carbocycles. The molecule has 4 aromatic rings. The van der Waals surface area contributed by atoms with Gasteiger partial charge in [0, 0.05) is 29.4 Å². The molecule has 3 N–H and O–H groups in total. The summed E-state index contributed by atoms with van der Waals surface area (Å²) in [7, 11) is 1.32. The van der Waals surface area contributed by atoms with Crippen molar-refractivity contribution in [2.24, 2.45) is 0 Å². The zero-order valence-corrected chi connectivity index (χ0v) is 22.1. The van der Waals surface area contributed by atoms with Gasteiger partial charge in [-0.2, -0.15) is 0 Å². The van der Waals surface area contributed by atoms with Gasteiger partial charge >= 0.3 is 6.09 Å². The second-order valence-corrected chi connectivity index (χ2v) is 10.1. The van der Waals surface area contributed by atoms with Gasteiger partial charge in [-0.15, -0.1) is 0 Å². The number of amides is 2. The summed E-state index contributed by atoms with van der Waals surface area (Å²) in [4.78, 5) is 32.0. The van der Waals surface area contributed by atoms with Gasteiger partial charge in [-0.25, -0.2) is 18.6 Å². The summed E-state index contributed by atoms with van der Waals surface area (Å²) >= 11 is 0. The SMILES string of the molecule is COC(=O)N1C2c3ccc(-c4ccc(F)cc4F)cc3C1c1ccc(C(=O)NCc3c(C)cc(N)nc3C)cc12. The highest BCUT2D eigenvalue weighted by molar-refractivity contribution is 5.95.